The molecule has 3 aromatic carbocycles. The van der Waals surface area contributed by atoms with E-state index in [0.29, 0.717) is 16.1 Å². The summed E-state index contributed by atoms with van der Waals surface area (Å²) in [5.74, 6) is -0.984. The van der Waals surface area contributed by atoms with E-state index in [0.717, 1.165) is 10.8 Å². The average molecular weight is 443 g/mol. The highest BCUT2D eigenvalue weighted by Gasteiger charge is 2.17. The second kappa shape index (κ2) is 9.23. The first kappa shape index (κ1) is 21.0. The molecule has 4 aromatic rings. The number of fused-ring (bicyclic) bond motifs is 1. The second-order valence-electron chi connectivity index (χ2n) is 6.82. The van der Waals surface area contributed by atoms with Crippen LogP contribution < -0.4 is 10.6 Å². The molecule has 8 heteroatoms. The third-order valence-corrected chi connectivity index (χ3v) is 5.54. The topological polar surface area (TPSA) is 101 Å². The van der Waals surface area contributed by atoms with Crippen LogP contribution in [0.3, 0.4) is 0 Å². The Hall–Kier alpha value is -4.30. The zero-order valence-electron chi connectivity index (χ0n) is 16.6. The molecule has 158 valence electrons. The summed E-state index contributed by atoms with van der Waals surface area (Å²) >= 11 is 1.24. The van der Waals surface area contributed by atoms with Gasteiger partial charge in [0, 0.05) is 23.2 Å². The number of amides is 2. The van der Waals surface area contributed by atoms with Crippen molar-refractivity contribution in [3.63, 3.8) is 0 Å². The van der Waals surface area contributed by atoms with E-state index in [2.05, 4.69) is 10.6 Å². The number of rotatable bonds is 6. The smallest absolute Gasteiger partial charge is 0.272 e. The van der Waals surface area contributed by atoms with E-state index in [1.165, 1.54) is 35.6 Å². The van der Waals surface area contributed by atoms with Gasteiger partial charge in [-0.1, -0.05) is 54.6 Å². The average Bonchev–Trinajstić information content (AvgIpc) is 3.34. The zero-order valence-corrected chi connectivity index (χ0v) is 17.5. The van der Waals surface area contributed by atoms with Crippen molar-refractivity contribution in [3.8, 4) is 0 Å². The minimum Gasteiger partial charge on any atom is -0.320 e. The highest BCUT2D eigenvalue weighted by Crippen LogP contribution is 2.24. The fraction of sp³-hybridized carbons (Fsp3) is 0. The Bertz CT molecular complexity index is 1340. The van der Waals surface area contributed by atoms with E-state index in [9.17, 15) is 19.7 Å². The van der Waals surface area contributed by atoms with Crippen LogP contribution in [0.15, 0.2) is 89.9 Å². The summed E-state index contributed by atoms with van der Waals surface area (Å²) in [5.41, 5.74) is 0.853. The largest absolute Gasteiger partial charge is 0.320 e. The Labute approximate surface area is 187 Å². The minimum atomic E-state index is -0.544. The van der Waals surface area contributed by atoms with Gasteiger partial charge in [0.05, 0.1) is 9.80 Å². The van der Waals surface area contributed by atoms with Crippen LogP contribution in [0.1, 0.15) is 15.2 Å². The zero-order chi connectivity index (χ0) is 22.5. The Morgan fingerprint density at radius 1 is 0.938 bits per heavy atom. The molecule has 1 aromatic heterocycles. The van der Waals surface area contributed by atoms with Crippen molar-refractivity contribution < 1.29 is 14.5 Å². The van der Waals surface area contributed by atoms with Crippen molar-refractivity contribution in [1.82, 2.24) is 5.32 Å². The van der Waals surface area contributed by atoms with Crippen LogP contribution in [0.5, 0.6) is 0 Å². The standard InChI is InChI=1S/C24H17N3O4S/c28-23(25-20-11-4-8-17-7-1-2-10-19(17)20)21(26-24(29)22-12-5-13-32-22)15-16-6-3-9-18(14-16)27(30)31/h1-15H,(H,25,28)(H,26,29). The summed E-state index contributed by atoms with van der Waals surface area (Å²) in [6.45, 7) is 0. The van der Waals surface area contributed by atoms with Crippen LogP contribution in [0.2, 0.25) is 0 Å². The van der Waals surface area contributed by atoms with Crippen molar-refractivity contribution in [1.29, 1.82) is 0 Å². The molecule has 0 bridgehead atoms. The third-order valence-electron chi connectivity index (χ3n) is 4.67. The molecule has 0 saturated carbocycles. The minimum absolute atomic E-state index is 0.0307. The lowest BCUT2D eigenvalue weighted by Gasteiger charge is -2.12. The number of nitrogens with one attached hydrogen (secondary N) is 2. The molecule has 0 fully saturated rings. The maximum atomic E-state index is 13.2. The number of anilines is 1. The lowest BCUT2D eigenvalue weighted by atomic mass is 10.1. The number of carbonyl (C=O) groups is 2. The molecule has 0 aliphatic rings. The molecule has 4 rings (SSSR count). The molecule has 0 atom stereocenters. The summed E-state index contributed by atoms with van der Waals surface area (Å²) < 4.78 is 0. The summed E-state index contributed by atoms with van der Waals surface area (Å²) in [5, 5.41) is 20.1. The molecule has 32 heavy (non-hydrogen) atoms. The summed E-state index contributed by atoms with van der Waals surface area (Å²) in [7, 11) is 0. The monoisotopic (exact) mass is 443 g/mol. The predicted molar refractivity (Wildman–Crippen MR) is 125 cm³/mol. The Morgan fingerprint density at radius 2 is 1.72 bits per heavy atom. The van der Waals surface area contributed by atoms with Crippen molar-refractivity contribution in [2.45, 2.75) is 0 Å². The summed E-state index contributed by atoms with van der Waals surface area (Å²) in [6.07, 6.45) is 1.42. The van der Waals surface area contributed by atoms with Gasteiger partial charge >= 0.3 is 0 Å². The summed E-state index contributed by atoms with van der Waals surface area (Å²) in [6, 6.07) is 22.3. The van der Waals surface area contributed by atoms with Gasteiger partial charge in [-0.05, 0) is 34.5 Å². The van der Waals surface area contributed by atoms with E-state index in [4.69, 9.17) is 0 Å². The van der Waals surface area contributed by atoms with Crippen molar-refractivity contribution in [2.75, 3.05) is 5.32 Å². The number of non-ortho nitro benzene ring substituents is 1. The lowest BCUT2D eigenvalue weighted by molar-refractivity contribution is -0.384. The molecule has 2 amide bonds. The van der Waals surface area contributed by atoms with Crippen LogP contribution in [0, 0.1) is 10.1 Å². The molecule has 1 heterocycles. The number of carbonyl (C=O) groups excluding carboxylic acids is 2. The highest BCUT2D eigenvalue weighted by atomic mass is 32.1. The fourth-order valence-corrected chi connectivity index (χ4v) is 3.79. The first-order chi connectivity index (χ1) is 15.5. The van der Waals surface area contributed by atoms with Gasteiger partial charge in [-0.2, -0.15) is 0 Å². The first-order valence-corrected chi connectivity index (χ1v) is 10.5. The fourth-order valence-electron chi connectivity index (χ4n) is 3.17. The van der Waals surface area contributed by atoms with Gasteiger partial charge in [-0.25, -0.2) is 0 Å². The molecule has 7 nitrogen and oxygen atoms in total. The molecular weight excluding hydrogens is 426 g/mol. The molecule has 0 spiro atoms. The predicted octanol–water partition coefficient (Wildman–Crippen LogP) is 5.22. The van der Waals surface area contributed by atoms with E-state index in [-0.39, 0.29) is 11.4 Å². The van der Waals surface area contributed by atoms with Crippen LogP contribution in [-0.2, 0) is 4.79 Å². The Morgan fingerprint density at radius 3 is 2.50 bits per heavy atom. The van der Waals surface area contributed by atoms with Gasteiger partial charge in [-0.3, -0.25) is 19.7 Å². The molecule has 0 radical (unpaired) electrons. The Balaban J connectivity index is 1.69. The third kappa shape index (κ3) is 4.71. The molecule has 0 aliphatic heterocycles. The van der Waals surface area contributed by atoms with Gasteiger partial charge in [0.25, 0.3) is 17.5 Å². The SMILES string of the molecule is O=C(Nc1cccc2ccccc12)C(=Cc1cccc([N+](=O)[O-])c1)NC(=O)c1cccs1. The molecule has 0 aliphatic carbocycles. The number of thiophene rings is 1. The second-order valence-corrected chi connectivity index (χ2v) is 7.77. The molecule has 2 N–H and O–H groups in total. The first-order valence-electron chi connectivity index (χ1n) is 9.61. The Kier molecular flexibility index (Phi) is 6.05. The normalized spacial score (nSPS) is 11.2. The summed E-state index contributed by atoms with van der Waals surface area (Å²) in [4.78, 5) is 36.8. The van der Waals surface area contributed by atoms with Crippen LogP contribution in [0.25, 0.3) is 16.8 Å². The van der Waals surface area contributed by atoms with E-state index < -0.39 is 16.7 Å². The number of nitrogens with zero attached hydrogens (tertiary/aromatic N) is 1. The van der Waals surface area contributed by atoms with Crippen molar-refractivity contribution in [3.05, 3.63) is 110 Å². The van der Waals surface area contributed by atoms with Crippen LogP contribution >= 0.6 is 11.3 Å². The number of hydrogen-bond donors (Lipinski definition) is 2. The molecule has 0 saturated heterocycles. The number of nitro benzene ring substituents is 1. The van der Waals surface area contributed by atoms with Gasteiger partial charge in [0.15, 0.2) is 0 Å². The van der Waals surface area contributed by atoms with Gasteiger partial charge in [0.1, 0.15) is 5.70 Å². The number of hydrogen-bond acceptors (Lipinski definition) is 5. The van der Waals surface area contributed by atoms with E-state index in [1.54, 1.807) is 29.6 Å². The number of benzene rings is 3. The van der Waals surface area contributed by atoms with Crippen LogP contribution in [-0.4, -0.2) is 16.7 Å². The number of nitro groups is 1. The molecule has 0 unspecified atom stereocenters. The lowest BCUT2D eigenvalue weighted by Crippen LogP contribution is -2.30. The van der Waals surface area contributed by atoms with Crippen LogP contribution in [0.4, 0.5) is 11.4 Å². The van der Waals surface area contributed by atoms with Crippen molar-refractivity contribution in [2.24, 2.45) is 0 Å². The highest BCUT2D eigenvalue weighted by molar-refractivity contribution is 7.12. The quantitative estimate of drug-likeness (QED) is 0.242. The van der Waals surface area contributed by atoms with Crippen molar-refractivity contribution >= 4 is 51.4 Å². The maximum absolute atomic E-state index is 13.2. The maximum Gasteiger partial charge on any atom is 0.272 e. The van der Waals surface area contributed by atoms with Gasteiger partial charge in [0.2, 0.25) is 0 Å². The van der Waals surface area contributed by atoms with Gasteiger partial charge < -0.3 is 10.6 Å². The van der Waals surface area contributed by atoms with E-state index >= 15 is 0 Å². The molecular formula is C24H17N3O4S. The van der Waals surface area contributed by atoms with Gasteiger partial charge in [-0.15, -0.1) is 11.3 Å². The van der Waals surface area contributed by atoms with E-state index in [1.807, 2.05) is 36.4 Å².